The van der Waals surface area contributed by atoms with Crippen molar-refractivity contribution in [3.05, 3.63) is 39.7 Å². The third-order valence-corrected chi connectivity index (χ3v) is 6.27. The fourth-order valence-corrected chi connectivity index (χ4v) is 4.44. The van der Waals surface area contributed by atoms with Crippen molar-refractivity contribution in [1.82, 2.24) is 0 Å². The van der Waals surface area contributed by atoms with Crippen LogP contribution in [0.1, 0.15) is 75.1 Å². The first-order valence-electron chi connectivity index (χ1n) is 10.3. The molecule has 0 aliphatic rings. The van der Waals surface area contributed by atoms with Crippen LogP contribution >= 0.6 is 27.3 Å². The highest BCUT2D eigenvalue weighted by atomic mass is 79.9. The summed E-state index contributed by atoms with van der Waals surface area (Å²) in [6, 6.07) is 7.72. The Morgan fingerprint density at radius 2 is 1.62 bits per heavy atom. The van der Waals surface area contributed by atoms with E-state index in [0.29, 0.717) is 17.0 Å². The largest absolute Gasteiger partial charge is 0.465 e. The van der Waals surface area contributed by atoms with Gasteiger partial charge in [0.2, 0.25) is 5.91 Å². The summed E-state index contributed by atoms with van der Waals surface area (Å²) < 4.78 is 5.93. The molecule has 1 aromatic carbocycles. The van der Waals surface area contributed by atoms with Crippen molar-refractivity contribution < 1.29 is 14.3 Å². The number of hydrogen-bond acceptors (Lipinski definition) is 4. The standard InChI is InChI=1S/C23H30BrNO3S/c1-3-4-5-6-7-8-9-10-11-20(26)25-22-21(23(27)28-2)19(16-29-22)17-12-14-18(24)15-13-17/h12-16H,3-11H2,1-2H3,(H,25,26). The molecule has 6 heteroatoms. The highest BCUT2D eigenvalue weighted by Crippen LogP contribution is 2.36. The monoisotopic (exact) mass is 479 g/mol. The van der Waals surface area contributed by atoms with Gasteiger partial charge < -0.3 is 10.1 Å². The minimum atomic E-state index is -0.438. The zero-order chi connectivity index (χ0) is 21.1. The molecule has 0 atom stereocenters. The molecular weight excluding hydrogens is 450 g/mol. The summed E-state index contributed by atoms with van der Waals surface area (Å²) >= 11 is 4.78. The molecular formula is C23H30BrNO3S. The molecule has 0 radical (unpaired) electrons. The number of carbonyl (C=O) groups excluding carboxylic acids is 2. The molecule has 0 saturated carbocycles. The number of carbonyl (C=O) groups is 2. The third kappa shape index (κ3) is 7.59. The molecule has 1 amide bonds. The molecule has 2 rings (SSSR count). The molecule has 1 heterocycles. The summed E-state index contributed by atoms with van der Waals surface area (Å²) in [7, 11) is 1.36. The van der Waals surface area contributed by atoms with Gasteiger partial charge in [-0.05, 0) is 24.1 Å². The lowest BCUT2D eigenvalue weighted by atomic mass is 10.0. The van der Waals surface area contributed by atoms with Crippen molar-refractivity contribution in [2.75, 3.05) is 12.4 Å². The Kier molecular flexibility index (Phi) is 10.4. The van der Waals surface area contributed by atoms with Gasteiger partial charge in [0.15, 0.2) is 0 Å². The van der Waals surface area contributed by atoms with Crippen LogP contribution in [0, 0.1) is 0 Å². The van der Waals surface area contributed by atoms with Gasteiger partial charge >= 0.3 is 5.97 Å². The first-order valence-corrected chi connectivity index (χ1v) is 12.0. The molecule has 0 spiro atoms. The predicted molar refractivity (Wildman–Crippen MR) is 125 cm³/mol. The Hall–Kier alpha value is -1.66. The highest BCUT2D eigenvalue weighted by Gasteiger charge is 2.22. The SMILES string of the molecule is CCCCCCCCCCC(=O)Nc1scc(-c2ccc(Br)cc2)c1C(=O)OC. The van der Waals surface area contributed by atoms with Crippen LogP contribution in [0.3, 0.4) is 0 Å². The molecule has 29 heavy (non-hydrogen) atoms. The van der Waals surface area contributed by atoms with Gasteiger partial charge in [0.05, 0.1) is 7.11 Å². The van der Waals surface area contributed by atoms with Gasteiger partial charge in [0.25, 0.3) is 0 Å². The van der Waals surface area contributed by atoms with Gasteiger partial charge in [-0.25, -0.2) is 4.79 Å². The summed E-state index contributed by atoms with van der Waals surface area (Å²) in [5.74, 6) is -0.489. The van der Waals surface area contributed by atoms with Crippen molar-refractivity contribution in [2.24, 2.45) is 0 Å². The summed E-state index contributed by atoms with van der Waals surface area (Å²) in [6.07, 6.45) is 10.0. The van der Waals surface area contributed by atoms with Gasteiger partial charge in [0.1, 0.15) is 10.6 Å². The average Bonchev–Trinajstić information content (AvgIpc) is 3.13. The van der Waals surface area contributed by atoms with E-state index in [4.69, 9.17) is 4.74 Å². The van der Waals surface area contributed by atoms with E-state index in [0.717, 1.165) is 28.4 Å². The number of nitrogens with one attached hydrogen (secondary N) is 1. The van der Waals surface area contributed by atoms with Gasteiger partial charge in [-0.2, -0.15) is 0 Å². The number of amides is 1. The van der Waals surface area contributed by atoms with E-state index < -0.39 is 5.97 Å². The molecule has 1 N–H and O–H groups in total. The number of halogens is 1. The minimum absolute atomic E-state index is 0.0506. The van der Waals surface area contributed by atoms with Crippen LogP contribution < -0.4 is 5.32 Å². The summed E-state index contributed by atoms with van der Waals surface area (Å²) in [6.45, 7) is 2.22. The molecule has 1 aromatic heterocycles. The molecule has 0 aliphatic heterocycles. The quantitative estimate of drug-likeness (QED) is 0.254. The number of ether oxygens (including phenoxy) is 1. The van der Waals surface area contributed by atoms with Gasteiger partial charge in [-0.15, -0.1) is 11.3 Å². The molecule has 4 nitrogen and oxygen atoms in total. The number of hydrogen-bond donors (Lipinski definition) is 1. The summed E-state index contributed by atoms with van der Waals surface area (Å²) in [5.41, 5.74) is 2.11. The third-order valence-electron chi connectivity index (χ3n) is 4.85. The number of anilines is 1. The first kappa shape index (κ1) is 23.6. The maximum Gasteiger partial charge on any atom is 0.341 e. The fraction of sp³-hybridized carbons (Fsp3) is 0.478. The zero-order valence-corrected chi connectivity index (χ0v) is 19.7. The lowest BCUT2D eigenvalue weighted by Gasteiger charge is -2.08. The Morgan fingerprint density at radius 1 is 1.00 bits per heavy atom. The van der Waals surface area contributed by atoms with Crippen LogP contribution in [0.4, 0.5) is 5.00 Å². The second-order valence-corrected chi connectivity index (χ2v) is 8.92. The first-order chi connectivity index (χ1) is 14.1. The molecule has 0 aliphatic carbocycles. The van der Waals surface area contributed by atoms with E-state index in [1.807, 2.05) is 29.6 Å². The molecule has 0 unspecified atom stereocenters. The second-order valence-electron chi connectivity index (χ2n) is 7.13. The molecule has 0 fully saturated rings. The maximum absolute atomic E-state index is 12.4. The van der Waals surface area contributed by atoms with Crippen molar-refractivity contribution in [2.45, 2.75) is 64.7 Å². The van der Waals surface area contributed by atoms with Crippen LogP contribution in [-0.4, -0.2) is 19.0 Å². The Labute approximate surface area is 186 Å². The predicted octanol–water partition coefficient (Wildman–Crippen LogP) is 7.43. The number of unbranched alkanes of at least 4 members (excludes halogenated alkanes) is 7. The highest BCUT2D eigenvalue weighted by molar-refractivity contribution is 9.10. The number of thiophene rings is 1. The fourth-order valence-electron chi connectivity index (χ4n) is 3.21. The van der Waals surface area contributed by atoms with Crippen molar-refractivity contribution in [1.29, 1.82) is 0 Å². The van der Waals surface area contributed by atoms with E-state index in [-0.39, 0.29) is 5.91 Å². The smallest absolute Gasteiger partial charge is 0.341 e. The molecule has 158 valence electrons. The summed E-state index contributed by atoms with van der Waals surface area (Å²) in [5, 5.41) is 5.36. The average molecular weight is 480 g/mol. The van der Waals surface area contributed by atoms with E-state index in [2.05, 4.69) is 28.2 Å². The van der Waals surface area contributed by atoms with Gasteiger partial charge in [-0.1, -0.05) is 79.9 Å². The van der Waals surface area contributed by atoms with E-state index in [9.17, 15) is 9.59 Å². The zero-order valence-electron chi connectivity index (χ0n) is 17.3. The minimum Gasteiger partial charge on any atom is -0.465 e. The molecule has 0 saturated heterocycles. The van der Waals surface area contributed by atoms with Crippen LogP contribution in [0.15, 0.2) is 34.1 Å². The van der Waals surface area contributed by atoms with Crippen LogP contribution in [-0.2, 0) is 9.53 Å². The number of esters is 1. The lowest BCUT2D eigenvalue weighted by Crippen LogP contribution is -2.13. The van der Waals surface area contributed by atoms with Crippen molar-refractivity contribution >= 4 is 44.1 Å². The normalized spacial score (nSPS) is 10.7. The van der Waals surface area contributed by atoms with E-state index >= 15 is 0 Å². The van der Waals surface area contributed by atoms with Crippen LogP contribution in [0.25, 0.3) is 11.1 Å². The van der Waals surface area contributed by atoms with Crippen molar-refractivity contribution in [3.63, 3.8) is 0 Å². The number of benzene rings is 1. The Bertz CT molecular complexity index is 786. The summed E-state index contributed by atoms with van der Waals surface area (Å²) in [4.78, 5) is 24.7. The topological polar surface area (TPSA) is 55.4 Å². The van der Waals surface area contributed by atoms with E-state index in [1.165, 1.54) is 57.0 Å². The van der Waals surface area contributed by atoms with E-state index in [1.54, 1.807) is 0 Å². The second kappa shape index (κ2) is 12.8. The Balaban J connectivity index is 1.92. The van der Waals surface area contributed by atoms with Crippen LogP contribution in [0.2, 0.25) is 0 Å². The van der Waals surface area contributed by atoms with Gasteiger partial charge in [-0.3, -0.25) is 4.79 Å². The van der Waals surface area contributed by atoms with Gasteiger partial charge in [0, 0.05) is 21.8 Å². The Morgan fingerprint density at radius 3 is 2.24 bits per heavy atom. The van der Waals surface area contributed by atoms with Crippen molar-refractivity contribution in [3.8, 4) is 11.1 Å². The lowest BCUT2D eigenvalue weighted by molar-refractivity contribution is -0.116. The number of methoxy groups -OCH3 is 1. The molecule has 0 bridgehead atoms. The maximum atomic E-state index is 12.4. The number of rotatable bonds is 12. The van der Waals surface area contributed by atoms with Crippen LogP contribution in [0.5, 0.6) is 0 Å². The molecule has 2 aromatic rings.